The van der Waals surface area contributed by atoms with Crippen molar-refractivity contribution in [2.24, 2.45) is 5.92 Å². The van der Waals surface area contributed by atoms with E-state index in [4.69, 9.17) is 0 Å². The molecule has 3 unspecified atom stereocenters. The van der Waals surface area contributed by atoms with Gasteiger partial charge < -0.3 is 5.32 Å². The highest BCUT2D eigenvalue weighted by Gasteiger charge is 2.35. The Hall–Kier alpha value is -3.15. The van der Waals surface area contributed by atoms with Crippen molar-refractivity contribution in [2.45, 2.75) is 38.0 Å². The van der Waals surface area contributed by atoms with Crippen LogP contribution in [0.4, 0.5) is 13.2 Å². The standard InChI is InChI=1S/C32H33F3N2/c1-23(28-16-9-14-24-12-5-7-15-29(24)28)36-20-26-18-19-37(22-30(26)25-10-3-2-4-11-25)21-27-13-6-8-17-31(27)32(33,34)35/h2-17,23,26,30,36H,18-22H2,1H3. The molecule has 3 atom stereocenters. The highest BCUT2D eigenvalue weighted by molar-refractivity contribution is 5.86. The zero-order valence-corrected chi connectivity index (χ0v) is 21.1. The van der Waals surface area contributed by atoms with E-state index in [0.717, 1.165) is 26.1 Å². The average molecular weight is 503 g/mol. The van der Waals surface area contributed by atoms with Gasteiger partial charge in [-0.25, -0.2) is 0 Å². The summed E-state index contributed by atoms with van der Waals surface area (Å²) in [6, 6.07) is 31.5. The molecule has 0 saturated carbocycles. The van der Waals surface area contributed by atoms with Crippen molar-refractivity contribution in [1.82, 2.24) is 10.2 Å². The van der Waals surface area contributed by atoms with Crippen LogP contribution in [0.15, 0.2) is 97.1 Å². The van der Waals surface area contributed by atoms with Crippen LogP contribution in [0.5, 0.6) is 0 Å². The molecule has 1 aliphatic heterocycles. The number of fused-ring (bicyclic) bond motifs is 1. The number of nitrogens with one attached hydrogen (secondary N) is 1. The van der Waals surface area contributed by atoms with Gasteiger partial charge in [-0.2, -0.15) is 13.2 Å². The lowest BCUT2D eigenvalue weighted by Crippen LogP contribution is -2.42. The molecule has 1 heterocycles. The number of halogens is 3. The highest BCUT2D eigenvalue weighted by atomic mass is 19.4. The summed E-state index contributed by atoms with van der Waals surface area (Å²) < 4.78 is 40.8. The Balaban J connectivity index is 1.32. The van der Waals surface area contributed by atoms with Crippen molar-refractivity contribution >= 4 is 10.8 Å². The fourth-order valence-electron chi connectivity index (χ4n) is 5.78. The summed E-state index contributed by atoms with van der Waals surface area (Å²) in [4.78, 5) is 2.19. The van der Waals surface area contributed by atoms with Crippen LogP contribution in [-0.2, 0) is 12.7 Å². The van der Waals surface area contributed by atoms with Crippen molar-refractivity contribution in [3.63, 3.8) is 0 Å². The van der Waals surface area contributed by atoms with Gasteiger partial charge in [-0.05, 0) is 65.9 Å². The minimum Gasteiger partial charge on any atom is -0.310 e. The Morgan fingerprint density at radius 1 is 0.865 bits per heavy atom. The van der Waals surface area contributed by atoms with Crippen molar-refractivity contribution in [2.75, 3.05) is 19.6 Å². The summed E-state index contributed by atoms with van der Waals surface area (Å²) in [6.45, 7) is 4.90. The maximum Gasteiger partial charge on any atom is 0.416 e. The molecular weight excluding hydrogens is 469 g/mol. The van der Waals surface area contributed by atoms with E-state index < -0.39 is 11.7 Å². The van der Waals surface area contributed by atoms with Gasteiger partial charge in [0.15, 0.2) is 0 Å². The van der Waals surface area contributed by atoms with Crippen LogP contribution in [0.1, 0.15) is 47.6 Å². The van der Waals surface area contributed by atoms with Gasteiger partial charge in [-0.15, -0.1) is 0 Å². The van der Waals surface area contributed by atoms with Crippen molar-refractivity contribution in [3.05, 3.63) is 119 Å². The first-order valence-electron chi connectivity index (χ1n) is 13.0. The van der Waals surface area contributed by atoms with Gasteiger partial charge in [0, 0.05) is 25.0 Å². The third-order valence-electron chi connectivity index (χ3n) is 7.76. The molecule has 1 saturated heterocycles. The molecule has 1 fully saturated rings. The van der Waals surface area contributed by atoms with Gasteiger partial charge in [0.1, 0.15) is 0 Å². The number of nitrogens with zero attached hydrogens (tertiary/aromatic N) is 1. The summed E-state index contributed by atoms with van der Waals surface area (Å²) in [5.41, 5.74) is 2.36. The SMILES string of the molecule is CC(NCC1CCN(Cc2ccccc2C(F)(F)F)CC1c1ccccc1)c1cccc2ccccc12. The van der Waals surface area contributed by atoms with Crippen molar-refractivity contribution in [1.29, 1.82) is 0 Å². The van der Waals surface area contributed by atoms with E-state index in [2.05, 4.69) is 83.9 Å². The topological polar surface area (TPSA) is 15.3 Å². The van der Waals surface area contributed by atoms with E-state index in [0.29, 0.717) is 18.0 Å². The fraction of sp³-hybridized carbons (Fsp3) is 0.312. The Labute approximate surface area is 217 Å². The van der Waals surface area contributed by atoms with Crippen LogP contribution in [-0.4, -0.2) is 24.5 Å². The summed E-state index contributed by atoms with van der Waals surface area (Å²) in [5.74, 6) is 0.647. The molecule has 0 spiro atoms. The van der Waals surface area contributed by atoms with Crippen molar-refractivity contribution < 1.29 is 13.2 Å². The molecular formula is C32H33F3N2. The van der Waals surface area contributed by atoms with Crippen molar-refractivity contribution in [3.8, 4) is 0 Å². The summed E-state index contributed by atoms with van der Waals surface area (Å²) in [6.07, 6.45) is -3.40. The second-order valence-corrected chi connectivity index (χ2v) is 10.2. The van der Waals surface area contributed by atoms with Crippen LogP contribution in [0.2, 0.25) is 0 Å². The van der Waals surface area contributed by atoms with Crippen LogP contribution < -0.4 is 5.32 Å². The number of piperidine rings is 1. The average Bonchev–Trinajstić information content (AvgIpc) is 2.92. The van der Waals surface area contributed by atoms with E-state index in [1.165, 1.54) is 34.0 Å². The van der Waals surface area contributed by atoms with Gasteiger partial charge in [-0.3, -0.25) is 4.90 Å². The zero-order chi connectivity index (χ0) is 25.8. The van der Waals surface area contributed by atoms with E-state index in [1.54, 1.807) is 12.1 Å². The first-order chi connectivity index (χ1) is 17.9. The monoisotopic (exact) mass is 502 g/mol. The number of benzene rings is 4. The molecule has 4 aromatic carbocycles. The molecule has 192 valence electrons. The molecule has 0 amide bonds. The number of alkyl halides is 3. The van der Waals surface area contributed by atoms with Crippen LogP contribution in [0.3, 0.4) is 0 Å². The molecule has 2 nitrogen and oxygen atoms in total. The molecule has 0 bridgehead atoms. The van der Waals surface area contributed by atoms with Gasteiger partial charge >= 0.3 is 6.18 Å². The largest absolute Gasteiger partial charge is 0.416 e. The molecule has 0 radical (unpaired) electrons. The summed E-state index contributed by atoms with van der Waals surface area (Å²) in [5, 5.41) is 6.29. The first-order valence-corrected chi connectivity index (χ1v) is 13.0. The maximum absolute atomic E-state index is 13.6. The molecule has 0 aliphatic carbocycles. The minimum absolute atomic E-state index is 0.194. The van der Waals surface area contributed by atoms with E-state index in [-0.39, 0.29) is 12.0 Å². The zero-order valence-electron chi connectivity index (χ0n) is 21.1. The second-order valence-electron chi connectivity index (χ2n) is 10.2. The molecule has 37 heavy (non-hydrogen) atoms. The predicted molar refractivity (Wildman–Crippen MR) is 144 cm³/mol. The second kappa shape index (κ2) is 11.1. The number of hydrogen-bond donors (Lipinski definition) is 1. The minimum atomic E-state index is -4.34. The van der Waals surface area contributed by atoms with Gasteiger partial charge in [0.2, 0.25) is 0 Å². The van der Waals surface area contributed by atoms with Gasteiger partial charge in [0.25, 0.3) is 0 Å². The first kappa shape index (κ1) is 25.5. The van der Waals surface area contributed by atoms with E-state index in [9.17, 15) is 13.2 Å². The Bertz CT molecular complexity index is 1310. The third kappa shape index (κ3) is 5.89. The lowest BCUT2D eigenvalue weighted by Gasteiger charge is -2.40. The lowest BCUT2D eigenvalue weighted by atomic mass is 9.80. The van der Waals surface area contributed by atoms with Gasteiger partial charge in [-0.1, -0.05) is 91.0 Å². The van der Waals surface area contributed by atoms with Crippen LogP contribution in [0, 0.1) is 5.92 Å². The lowest BCUT2D eigenvalue weighted by molar-refractivity contribution is -0.138. The summed E-state index contributed by atoms with van der Waals surface area (Å²) in [7, 11) is 0. The number of rotatable bonds is 7. The Kier molecular flexibility index (Phi) is 7.63. The maximum atomic E-state index is 13.6. The number of likely N-dealkylation sites (tertiary alicyclic amines) is 1. The quantitative estimate of drug-likeness (QED) is 0.277. The van der Waals surface area contributed by atoms with Crippen LogP contribution >= 0.6 is 0 Å². The normalized spacial score (nSPS) is 19.7. The van der Waals surface area contributed by atoms with E-state index >= 15 is 0 Å². The molecule has 1 N–H and O–H groups in total. The fourth-order valence-corrected chi connectivity index (χ4v) is 5.78. The number of hydrogen-bond acceptors (Lipinski definition) is 2. The molecule has 0 aromatic heterocycles. The highest BCUT2D eigenvalue weighted by Crippen LogP contribution is 2.36. The Morgan fingerprint density at radius 3 is 2.38 bits per heavy atom. The van der Waals surface area contributed by atoms with Crippen LogP contribution in [0.25, 0.3) is 10.8 Å². The van der Waals surface area contributed by atoms with Gasteiger partial charge in [0.05, 0.1) is 5.56 Å². The smallest absolute Gasteiger partial charge is 0.310 e. The Morgan fingerprint density at radius 2 is 1.57 bits per heavy atom. The molecule has 4 aromatic rings. The molecule has 1 aliphatic rings. The molecule has 5 heteroatoms. The van der Waals surface area contributed by atoms with E-state index in [1.807, 2.05) is 6.07 Å². The molecule has 5 rings (SSSR count). The third-order valence-corrected chi connectivity index (χ3v) is 7.76. The predicted octanol–water partition coefficient (Wildman–Crippen LogP) is 7.82. The summed E-state index contributed by atoms with van der Waals surface area (Å²) >= 11 is 0.